The molecule has 0 aromatic heterocycles. The van der Waals surface area contributed by atoms with Crippen LogP contribution >= 0.6 is 0 Å². The van der Waals surface area contributed by atoms with E-state index in [1.54, 1.807) is 38.4 Å². The zero-order chi connectivity index (χ0) is 19.2. The number of carbonyl (C=O) groups is 1. The van der Waals surface area contributed by atoms with E-state index in [0.29, 0.717) is 17.2 Å². The molecule has 0 saturated carbocycles. The van der Waals surface area contributed by atoms with Gasteiger partial charge >= 0.3 is 12.3 Å². The van der Waals surface area contributed by atoms with Crippen LogP contribution in [0.15, 0.2) is 48.5 Å². The first kappa shape index (κ1) is 19.4. The number of carbonyl (C=O) groups excluding carboxylic acids is 1. The van der Waals surface area contributed by atoms with Crippen LogP contribution in [-0.2, 0) is 6.18 Å². The summed E-state index contributed by atoms with van der Waals surface area (Å²) in [7, 11) is 3.14. The predicted molar refractivity (Wildman–Crippen MR) is 88.6 cm³/mol. The monoisotopic (exact) mass is 369 g/mol. The molecule has 0 fully saturated rings. The van der Waals surface area contributed by atoms with E-state index < -0.39 is 17.8 Å². The second-order valence-corrected chi connectivity index (χ2v) is 5.46. The lowest BCUT2D eigenvalue weighted by molar-refractivity contribution is -0.137. The molecule has 0 N–H and O–H groups in total. The van der Waals surface area contributed by atoms with Crippen molar-refractivity contribution in [2.45, 2.75) is 6.18 Å². The van der Waals surface area contributed by atoms with E-state index >= 15 is 0 Å². The van der Waals surface area contributed by atoms with Gasteiger partial charge in [0.05, 0.1) is 5.56 Å². The molecule has 0 aliphatic carbocycles. The number of halogens is 3. The summed E-state index contributed by atoms with van der Waals surface area (Å²) in [6.07, 6.45) is -4.88. The lowest BCUT2D eigenvalue weighted by atomic mass is 10.2. The number of hydrogen-bond donors (Lipinski definition) is 0. The van der Waals surface area contributed by atoms with Crippen molar-refractivity contribution in [2.75, 3.05) is 27.3 Å². The number of nitrogens with zero attached hydrogens (tertiary/aromatic N) is 1. The Kier molecular flexibility index (Phi) is 6.32. The van der Waals surface area contributed by atoms with Gasteiger partial charge in [-0.05, 0) is 36.4 Å². The van der Waals surface area contributed by atoms with Crippen LogP contribution in [0.2, 0.25) is 0 Å². The predicted octanol–water partition coefficient (Wildman–Crippen LogP) is 4.22. The molecule has 26 heavy (non-hydrogen) atoms. The van der Waals surface area contributed by atoms with Gasteiger partial charge in [0.2, 0.25) is 0 Å². The van der Waals surface area contributed by atoms with Crippen LogP contribution in [0.4, 0.5) is 18.0 Å². The first-order valence-electron chi connectivity index (χ1n) is 7.68. The molecular formula is C18H18F3NO4. The van der Waals surface area contributed by atoms with E-state index in [1.807, 2.05) is 0 Å². The lowest BCUT2D eigenvalue weighted by Crippen LogP contribution is -2.25. The van der Waals surface area contributed by atoms with Crippen molar-refractivity contribution < 1.29 is 32.2 Å². The van der Waals surface area contributed by atoms with Crippen molar-refractivity contribution in [3.05, 3.63) is 54.1 Å². The maximum absolute atomic E-state index is 12.5. The molecule has 2 aromatic carbocycles. The molecule has 0 aliphatic rings. The Morgan fingerprint density at radius 1 is 0.923 bits per heavy atom. The van der Waals surface area contributed by atoms with Gasteiger partial charge in [0.1, 0.15) is 30.5 Å². The standard InChI is InChI=1S/C18H18F3NO4/c1-22(2)17(23)26-16-5-3-4-15(12-16)25-11-10-24-14-8-6-13(7-9-14)18(19,20)21/h3-9,12H,10-11H2,1-2H3. The Bertz CT molecular complexity index is 730. The van der Waals surface area contributed by atoms with E-state index in [-0.39, 0.29) is 13.2 Å². The maximum Gasteiger partial charge on any atom is 0.416 e. The van der Waals surface area contributed by atoms with Crippen molar-refractivity contribution in [2.24, 2.45) is 0 Å². The Labute approximate surface area is 148 Å². The smallest absolute Gasteiger partial charge is 0.416 e. The van der Waals surface area contributed by atoms with Gasteiger partial charge in [0, 0.05) is 20.2 Å². The molecule has 0 bridgehead atoms. The van der Waals surface area contributed by atoms with Crippen LogP contribution in [0, 0.1) is 0 Å². The summed E-state index contributed by atoms with van der Waals surface area (Å²) in [5.74, 6) is 1.13. The molecule has 140 valence electrons. The van der Waals surface area contributed by atoms with Gasteiger partial charge in [-0.25, -0.2) is 4.79 Å². The van der Waals surface area contributed by atoms with Crippen LogP contribution in [-0.4, -0.2) is 38.3 Å². The van der Waals surface area contributed by atoms with Crippen LogP contribution in [0.25, 0.3) is 0 Å². The Morgan fingerprint density at radius 2 is 1.50 bits per heavy atom. The highest BCUT2D eigenvalue weighted by Crippen LogP contribution is 2.30. The Hall–Kier alpha value is -2.90. The minimum Gasteiger partial charge on any atom is -0.490 e. The molecule has 5 nitrogen and oxygen atoms in total. The quantitative estimate of drug-likeness (QED) is 0.716. The van der Waals surface area contributed by atoms with E-state index in [1.165, 1.54) is 17.0 Å². The van der Waals surface area contributed by atoms with Crippen LogP contribution < -0.4 is 14.2 Å². The number of rotatable bonds is 6. The molecule has 8 heteroatoms. The average Bonchev–Trinajstić information content (AvgIpc) is 2.58. The molecule has 0 saturated heterocycles. The summed E-state index contributed by atoms with van der Waals surface area (Å²) in [6, 6.07) is 11.0. The fraction of sp³-hybridized carbons (Fsp3) is 0.278. The molecule has 0 radical (unpaired) electrons. The second kappa shape index (κ2) is 8.46. The summed E-state index contributed by atoms with van der Waals surface area (Å²) in [5.41, 5.74) is -0.731. The van der Waals surface area contributed by atoms with Crippen LogP contribution in [0.3, 0.4) is 0 Å². The number of alkyl halides is 3. The van der Waals surface area contributed by atoms with E-state index in [9.17, 15) is 18.0 Å². The average molecular weight is 369 g/mol. The Morgan fingerprint density at radius 3 is 2.08 bits per heavy atom. The number of hydrogen-bond acceptors (Lipinski definition) is 4. The van der Waals surface area contributed by atoms with Crippen LogP contribution in [0.5, 0.6) is 17.2 Å². The topological polar surface area (TPSA) is 48.0 Å². The highest BCUT2D eigenvalue weighted by Gasteiger charge is 2.29. The maximum atomic E-state index is 12.5. The Balaban J connectivity index is 1.80. The first-order chi connectivity index (χ1) is 12.3. The van der Waals surface area contributed by atoms with Gasteiger partial charge in [0.15, 0.2) is 0 Å². The van der Waals surface area contributed by atoms with Gasteiger partial charge in [-0.2, -0.15) is 13.2 Å². The third kappa shape index (κ3) is 5.87. The number of benzene rings is 2. The molecule has 1 amide bonds. The number of ether oxygens (including phenoxy) is 3. The minimum atomic E-state index is -4.37. The molecule has 2 rings (SSSR count). The second-order valence-electron chi connectivity index (χ2n) is 5.46. The highest BCUT2D eigenvalue weighted by molar-refractivity contribution is 5.70. The SMILES string of the molecule is CN(C)C(=O)Oc1cccc(OCCOc2ccc(C(F)(F)F)cc2)c1. The van der Waals surface area contributed by atoms with Gasteiger partial charge < -0.3 is 19.1 Å². The van der Waals surface area contributed by atoms with Crippen LogP contribution in [0.1, 0.15) is 5.56 Å². The van der Waals surface area contributed by atoms with Gasteiger partial charge in [0.25, 0.3) is 0 Å². The molecule has 2 aromatic rings. The third-order valence-electron chi connectivity index (χ3n) is 3.18. The highest BCUT2D eigenvalue weighted by atomic mass is 19.4. The van der Waals surface area contributed by atoms with Crippen molar-refractivity contribution in [3.63, 3.8) is 0 Å². The summed E-state index contributed by atoms with van der Waals surface area (Å²) in [4.78, 5) is 12.8. The fourth-order valence-electron chi connectivity index (χ4n) is 1.88. The summed E-state index contributed by atoms with van der Waals surface area (Å²) in [6.45, 7) is 0.319. The zero-order valence-corrected chi connectivity index (χ0v) is 14.2. The van der Waals surface area contributed by atoms with Gasteiger partial charge in [-0.1, -0.05) is 6.07 Å². The lowest BCUT2D eigenvalue weighted by Gasteiger charge is -2.12. The van der Waals surface area contributed by atoms with Crippen molar-refractivity contribution in [3.8, 4) is 17.2 Å². The van der Waals surface area contributed by atoms with E-state index in [2.05, 4.69) is 0 Å². The molecule has 0 spiro atoms. The largest absolute Gasteiger partial charge is 0.490 e. The first-order valence-corrected chi connectivity index (χ1v) is 7.68. The molecule has 0 atom stereocenters. The number of amides is 1. The van der Waals surface area contributed by atoms with Crippen molar-refractivity contribution >= 4 is 6.09 Å². The normalized spacial score (nSPS) is 11.0. The van der Waals surface area contributed by atoms with Crippen molar-refractivity contribution in [1.82, 2.24) is 4.90 Å². The molecule has 0 unspecified atom stereocenters. The summed E-state index contributed by atoms with van der Waals surface area (Å²) < 4.78 is 53.4. The third-order valence-corrected chi connectivity index (χ3v) is 3.18. The zero-order valence-electron chi connectivity index (χ0n) is 14.2. The fourth-order valence-corrected chi connectivity index (χ4v) is 1.88. The van der Waals surface area contributed by atoms with Crippen molar-refractivity contribution in [1.29, 1.82) is 0 Å². The summed E-state index contributed by atoms with van der Waals surface area (Å²) in [5, 5.41) is 0. The van der Waals surface area contributed by atoms with Gasteiger partial charge in [-0.15, -0.1) is 0 Å². The molecular weight excluding hydrogens is 351 g/mol. The van der Waals surface area contributed by atoms with E-state index in [4.69, 9.17) is 14.2 Å². The summed E-state index contributed by atoms with van der Waals surface area (Å²) >= 11 is 0. The van der Waals surface area contributed by atoms with Gasteiger partial charge in [-0.3, -0.25) is 0 Å². The molecule has 0 heterocycles. The minimum absolute atomic E-state index is 0.146. The molecule has 0 aliphatic heterocycles. The van der Waals surface area contributed by atoms with E-state index in [0.717, 1.165) is 12.1 Å².